The molecule has 1 amide bonds. The van der Waals surface area contributed by atoms with Crippen molar-refractivity contribution in [3.8, 4) is 17.2 Å². The second kappa shape index (κ2) is 10.3. The third-order valence-electron chi connectivity index (χ3n) is 4.80. The number of halogens is 2. The molecule has 4 rings (SSSR count). The van der Waals surface area contributed by atoms with E-state index in [1.54, 1.807) is 31.2 Å². The second-order valence-corrected chi connectivity index (χ2v) is 7.88. The number of nitro groups is 1. The van der Waals surface area contributed by atoms with Gasteiger partial charge < -0.3 is 19.2 Å². The number of anilines is 1. The first kappa shape index (κ1) is 23.8. The molecule has 0 saturated carbocycles. The molecule has 10 heteroatoms. The highest BCUT2D eigenvalue weighted by Crippen LogP contribution is 2.32. The Balaban J connectivity index is 1.47. The van der Waals surface area contributed by atoms with Gasteiger partial charge in [-0.15, -0.1) is 0 Å². The molecule has 0 saturated heterocycles. The van der Waals surface area contributed by atoms with Crippen molar-refractivity contribution in [1.29, 1.82) is 0 Å². The number of hydrogen-bond donors (Lipinski definition) is 1. The number of amides is 1. The van der Waals surface area contributed by atoms with Gasteiger partial charge in [-0.2, -0.15) is 0 Å². The van der Waals surface area contributed by atoms with E-state index in [2.05, 4.69) is 5.32 Å². The molecule has 35 heavy (non-hydrogen) atoms. The lowest BCUT2D eigenvalue weighted by molar-refractivity contribution is -0.384. The maximum atomic E-state index is 13.0. The zero-order valence-corrected chi connectivity index (χ0v) is 19.0. The molecule has 178 valence electrons. The fourth-order valence-electron chi connectivity index (χ4n) is 3.13. The lowest BCUT2D eigenvalue weighted by atomic mass is 10.2. The molecule has 0 spiro atoms. The van der Waals surface area contributed by atoms with E-state index in [0.717, 1.165) is 5.56 Å². The van der Waals surface area contributed by atoms with Crippen molar-refractivity contribution >= 4 is 28.9 Å². The molecular formula is C25H18ClFN2O6. The molecular weight excluding hydrogens is 479 g/mol. The summed E-state index contributed by atoms with van der Waals surface area (Å²) in [5, 5.41) is 14.5. The van der Waals surface area contributed by atoms with Crippen molar-refractivity contribution in [3.05, 3.63) is 111 Å². The molecule has 1 heterocycles. The molecule has 0 fully saturated rings. The lowest BCUT2D eigenvalue weighted by Crippen LogP contribution is -2.11. The van der Waals surface area contributed by atoms with Crippen LogP contribution in [0, 0.1) is 22.9 Å². The molecule has 8 nitrogen and oxygen atoms in total. The number of aryl methyl sites for hydroxylation is 1. The second-order valence-electron chi connectivity index (χ2n) is 7.45. The summed E-state index contributed by atoms with van der Waals surface area (Å²) in [5.74, 6) is 0.399. The number of nitro benzene ring substituents is 1. The van der Waals surface area contributed by atoms with E-state index in [1.165, 1.54) is 48.5 Å². The molecule has 0 aliphatic carbocycles. The van der Waals surface area contributed by atoms with Crippen molar-refractivity contribution in [2.75, 3.05) is 5.32 Å². The number of hydrogen-bond acceptors (Lipinski definition) is 6. The van der Waals surface area contributed by atoms with Crippen LogP contribution in [0.25, 0.3) is 0 Å². The Morgan fingerprint density at radius 3 is 2.54 bits per heavy atom. The van der Waals surface area contributed by atoms with Gasteiger partial charge in [0, 0.05) is 17.2 Å². The fraction of sp³-hybridized carbons (Fsp3) is 0.0800. The minimum Gasteiger partial charge on any atom is -0.486 e. The van der Waals surface area contributed by atoms with Crippen molar-refractivity contribution in [2.24, 2.45) is 0 Å². The van der Waals surface area contributed by atoms with Crippen molar-refractivity contribution in [3.63, 3.8) is 0 Å². The maximum absolute atomic E-state index is 13.0. The predicted molar refractivity (Wildman–Crippen MR) is 127 cm³/mol. The number of carbonyl (C=O) groups excluding carboxylic acids is 1. The van der Waals surface area contributed by atoms with Crippen LogP contribution < -0.4 is 14.8 Å². The number of rotatable bonds is 8. The largest absolute Gasteiger partial charge is 0.486 e. The van der Waals surface area contributed by atoms with Crippen LogP contribution in [0.2, 0.25) is 5.02 Å². The summed E-state index contributed by atoms with van der Waals surface area (Å²) >= 11 is 5.96. The molecule has 1 N–H and O–H groups in total. The molecule has 4 aromatic rings. The van der Waals surface area contributed by atoms with Gasteiger partial charge in [-0.25, -0.2) is 4.39 Å². The molecule has 0 bridgehead atoms. The first-order valence-electron chi connectivity index (χ1n) is 10.3. The third-order valence-corrected chi connectivity index (χ3v) is 5.04. The highest BCUT2D eigenvalue weighted by Gasteiger charge is 2.17. The SMILES string of the molecule is Cc1cc(Cl)ccc1Oc1cc(NC(=O)c2ccc(COc3ccc(F)cc3)o2)cc([N+](=O)[O-])c1. The monoisotopic (exact) mass is 496 g/mol. The van der Waals surface area contributed by atoms with E-state index in [1.807, 2.05) is 0 Å². The lowest BCUT2D eigenvalue weighted by Gasteiger charge is -2.11. The number of nitrogens with zero attached hydrogens (tertiary/aromatic N) is 1. The standard InChI is InChI=1S/C25H18ClFN2O6/c1-15-10-16(26)2-8-23(15)35-22-12-18(11-19(13-22)29(31)32)28-25(30)24-9-7-21(34-24)14-33-20-5-3-17(27)4-6-20/h2-13H,14H2,1H3,(H,28,30). The fourth-order valence-corrected chi connectivity index (χ4v) is 3.36. The molecule has 0 atom stereocenters. The Hall–Kier alpha value is -4.37. The van der Waals surface area contributed by atoms with Gasteiger partial charge in [0.1, 0.15) is 35.4 Å². The van der Waals surface area contributed by atoms with Crippen LogP contribution in [0.3, 0.4) is 0 Å². The first-order chi connectivity index (χ1) is 16.8. The normalized spacial score (nSPS) is 10.6. The van der Waals surface area contributed by atoms with Crippen LogP contribution >= 0.6 is 11.6 Å². The molecule has 0 unspecified atom stereocenters. The Morgan fingerprint density at radius 2 is 1.83 bits per heavy atom. The maximum Gasteiger partial charge on any atom is 0.291 e. The number of benzene rings is 3. The highest BCUT2D eigenvalue weighted by atomic mass is 35.5. The molecule has 0 radical (unpaired) electrons. The summed E-state index contributed by atoms with van der Waals surface area (Å²) in [6.07, 6.45) is 0. The van der Waals surface area contributed by atoms with Crippen LogP contribution in [0.1, 0.15) is 21.9 Å². The van der Waals surface area contributed by atoms with Crippen molar-refractivity contribution in [2.45, 2.75) is 13.5 Å². The van der Waals surface area contributed by atoms with E-state index in [4.69, 9.17) is 25.5 Å². The highest BCUT2D eigenvalue weighted by molar-refractivity contribution is 6.30. The van der Waals surface area contributed by atoms with Gasteiger partial charge in [0.05, 0.1) is 16.7 Å². The summed E-state index contributed by atoms with van der Waals surface area (Å²) in [7, 11) is 0. The van der Waals surface area contributed by atoms with E-state index in [-0.39, 0.29) is 35.3 Å². The quantitative estimate of drug-likeness (QED) is 0.210. The van der Waals surface area contributed by atoms with Crippen molar-refractivity contribution < 1.29 is 28.0 Å². The Labute approximate surface area is 204 Å². The Bertz CT molecular complexity index is 1390. The summed E-state index contributed by atoms with van der Waals surface area (Å²) in [5.41, 5.74) is 0.615. The number of carbonyl (C=O) groups is 1. The van der Waals surface area contributed by atoms with E-state index in [9.17, 15) is 19.3 Å². The van der Waals surface area contributed by atoms with Crippen LogP contribution in [0.4, 0.5) is 15.8 Å². The molecule has 3 aromatic carbocycles. The smallest absolute Gasteiger partial charge is 0.291 e. The van der Waals surface area contributed by atoms with Gasteiger partial charge in [-0.1, -0.05) is 11.6 Å². The number of furan rings is 1. The third kappa shape index (κ3) is 6.15. The van der Waals surface area contributed by atoms with Crippen LogP contribution in [0.5, 0.6) is 17.2 Å². The Morgan fingerprint density at radius 1 is 1.06 bits per heavy atom. The van der Waals surface area contributed by atoms with Gasteiger partial charge >= 0.3 is 0 Å². The van der Waals surface area contributed by atoms with Gasteiger partial charge in [0.2, 0.25) is 0 Å². The molecule has 0 aliphatic heterocycles. The number of ether oxygens (including phenoxy) is 2. The minimum atomic E-state index is -0.618. The van der Waals surface area contributed by atoms with Gasteiger partial charge in [-0.05, 0) is 67.1 Å². The van der Waals surface area contributed by atoms with Crippen molar-refractivity contribution in [1.82, 2.24) is 0 Å². The first-order valence-corrected chi connectivity index (χ1v) is 10.7. The summed E-state index contributed by atoms with van der Waals surface area (Å²) in [6, 6.07) is 17.4. The summed E-state index contributed by atoms with van der Waals surface area (Å²) in [4.78, 5) is 23.5. The van der Waals surface area contributed by atoms with Gasteiger partial charge in [-0.3, -0.25) is 14.9 Å². The zero-order valence-electron chi connectivity index (χ0n) is 18.3. The average Bonchev–Trinajstić information content (AvgIpc) is 3.30. The van der Waals surface area contributed by atoms with E-state index < -0.39 is 10.8 Å². The molecule has 0 aliphatic rings. The van der Waals surface area contributed by atoms with E-state index >= 15 is 0 Å². The van der Waals surface area contributed by atoms with Crippen LogP contribution in [-0.2, 0) is 6.61 Å². The van der Waals surface area contributed by atoms with Gasteiger partial charge in [0.25, 0.3) is 11.6 Å². The van der Waals surface area contributed by atoms with Crippen LogP contribution in [-0.4, -0.2) is 10.8 Å². The zero-order chi connectivity index (χ0) is 24.9. The summed E-state index contributed by atoms with van der Waals surface area (Å²) in [6.45, 7) is 1.81. The minimum absolute atomic E-state index is 0.0220. The molecule has 1 aromatic heterocycles. The topological polar surface area (TPSA) is 104 Å². The number of non-ortho nitro benzene ring substituents is 1. The van der Waals surface area contributed by atoms with Gasteiger partial charge in [0.15, 0.2) is 5.76 Å². The van der Waals surface area contributed by atoms with Crippen LogP contribution in [0.15, 0.2) is 77.2 Å². The predicted octanol–water partition coefficient (Wildman–Crippen LogP) is 6.91. The van der Waals surface area contributed by atoms with E-state index in [0.29, 0.717) is 22.3 Å². The number of nitrogens with one attached hydrogen (secondary N) is 1. The Kier molecular flexibility index (Phi) is 6.98. The summed E-state index contributed by atoms with van der Waals surface area (Å²) < 4.78 is 29.8. The average molecular weight is 497 g/mol.